The summed E-state index contributed by atoms with van der Waals surface area (Å²) in [4.78, 5) is 16.1. The van der Waals surface area contributed by atoms with Crippen LogP contribution in [-0.4, -0.2) is 89.3 Å². The van der Waals surface area contributed by atoms with E-state index >= 15 is 0 Å². The minimum absolute atomic E-state index is 0.00358. The van der Waals surface area contributed by atoms with Crippen LogP contribution in [0.25, 0.3) is 0 Å². The fourth-order valence-corrected chi connectivity index (χ4v) is 4.50. The van der Waals surface area contributed by atoms with Crippen LogP contribution in [0.4, 0.5) is 8.78 Å². The van der Waals surface area contributed by atoms with Gasteiger partial charge < -0.3 is 24.2 Å². The van der Waals surface area contributed by atoms with E-state index in [1.807, 2.05) is 29.2 Å². The number of hydrogen-bond donors (Lipinski definition) is 1. The van der Waals surface area contributed by atoms with Crippen molar-refractivity contribution in [1.29, 1.82) is 0 Å². The van der Waals surface area contributed by atoms with E-state index in [2.05, 4.69) is 5.10 Å². The second-order valence-corrected chi connectivity index (χ2v) is 9.90. The molecule has 1 aliphatic heterocycles. The van der Waals surface area contributed by atoms with E-state index < -0.39 is 17.2 Å². The third kappa shape index (κ3) is 8.37. The predicted molar refractivity (Wildman–Crippen MR) is 140 cm³/mol. The minimum Gasteiger partial charge on any atom is -0.492 e. The van der Waals surface area contributed by atoms with Crippen molar-refractivity contribution >= 4 is 17.5 Å². The molecule has 1 atom stereocenters. The summed E-state index contributed by atoms with van der Waals surface area (Å²) >= 11 is 5.87. The van der Waals surface area contributed by atoms with E-state index in [9.17, 15) is 18.7 Å². The van der Waals surface area contributed by atoms with Crippen LogP contribution in [-0.2, 0) is 22.6 Å². The fourth-order valence-electron chi connectivity index (χ4n) is 4.35. The maximum absolute atomic E-state index is 13.6. The monoisotopic (exact) mass is 564 g/mol. The van der Waals surface area contributed by atoms with Gasteiger partial charge in [-0.15, -0.1) is 0 Å². The number of carbonyl (C=O) groups is 1. The number of β-amino-alcohol motifs (C(OH)–C–C–N with tert-alkyl or cyclic N) is 1. The standard InChI is InChI=1S/C27H31ClF2N4O5/c1-37-16-26(35)33-9-8-32(17-27(36,18-33)19-39-23-6-7-24(29)25(30)12-23)14-20-2-4-22(5-3-20)38-11-10-34-15-21(28)13-31-34/h2-7,12-13,15,36H,8-11,14,16-19H2,1H3/t27-/m0/s1. The summed E-state index contributed by atoms with van der Waals surface area (Å²) in [6.07, 6.45) is 3.30. The van der Waals surface area contributed by atoms with Crippen LogP contribution in [0.5, 0.6) is 11.5 Å². The van der Waals surface area contributed by atoms with Gasteiger partial charge in [-0.1, -0.05) is 23.7 Å². The van der Waals surface area contributed by atoms with Crippen LogP contribution in [0.1, 0.15) is 5.56 Å². The number of aromatic nitrogens is 2. The van der Waals surface area contributed by atoms with Crippen LogP contribution in [0.2, 0.25) is 5.02 Å². The number of benzene rings is 2. The molecule has 4 rings (SSSR count). The van der Waals surface area contributed by atoms with Crippen molar-refractivity contribution in [2.24, 2.45) is 0 Å². The Bertz CT molecular complexity index is 1250. The van der Waals surface area contributed by atoms with Crippen molar-refractivity contribution in [3.63, 3.8) is 0 Å². The first-order valence-corrected chi connectivity index (χ1v) is 12.8. The van der Waals surface area contributed by atoms with Crippen molar-refractivity contribution in [2.45, 2.75) is 18.7 Å². The van der Waals surface area contributed by atoms with Gasteiger partial charge in [-0.2, -0.15) is 5.10 Å². The number of ether oxygens (including phenoxy) is 3. The average Bonchev–Trinajstić information content (AvgIpc) is 3.24. The molecule has 2 aromatic carbocycles. The number of rotatable bonds is 11. The van der Waals surface area contributed by atoms with E-state index in [4.69, 9.17) is 25.8 Å². The van der Waals surface area contributed by atoms with Gasteiger partial charge in [0.15, 0.2) is 11.6 Å². The zero-order valence-electron chi connectivity index (χ0n) is 21.6. The van der Waals surface area contributed by atoms with Crippen molar-refractivity contribution in [1.82, 2.24) is 19.6 Å². The van der Waals surface area contributed by atoms with Gasteiger partial charge in [0.2, 0.25) is 5.91 Å². The topological polar surface area (TPSA) is 89.3 Å². The molecule has 1 aromatic heterocycles. The highest BCUT2D eigenvalue weighted by Crippen LogP contribution is 2.22. The smallest absolute Gasteiger partial charge is 0.248 e. The molecule has 0 spiro atoms. The molecule has 210 valence electrons. The number of halogens is 3. The van der Waals surface area contributed by atoms with Crippen molar-refractivity contribution < 1.29 is 32.9 Å². The summed E-state index contributed by atoms with van der Waals surface area (Å²) in [7, 11) is 1.43. The SMILES string of the molecule is COCC(=O)N1CCN(Cc2ccc(OCCn3cc(Cl)cn3)cc2)C[C@@](O)(COc2ccc(F)c(F)c2)C1. The molecule has 12 heteroatoms. The molecule has 39 heavy (non-hydrogen) atoms. The van der Waals surface area contributed by atoms with E-state index in [1.54, 1.807) is 17.1 Å². The van der Waals surface area contributed by atoms with Gasteiger partial charge in [0, 0.05) is 45.6 Å². The summed E-state index contributed by atoms with van der Waals surface area (Å²) in [5.41, 5.74) is -0.481. The van der Waals surface area contributed by atoms with Gasteiger partial charge >= 0.3 is 0 Å². The number of hydrogen-bond acceptors (Lipinski definition) is 7. The molecule has 0 unspecified atom stereocenters. The first-order chi connectivity index (χ1) is 18.7. The Balaban J connectivity index is 1.38. The second kappa shape index (κ2) is 13.2. The largest absolute Gasteiger partial charge is 0.492 e. The summed E-state index contributed by atoms with van der Waals surface area (Å²) < 4.78 is 45.0. The Morgan fingerprint density at radius 2 is 1.85 bits per heavy atom. The number of aliphatic hydroxyl groups is 1. The van der Waals surface area contributed by atoms with Gasteiger partial charge in [-0.3, -0.25) is 14.4 Å². The minimum atomic E-state index is -1.47. The molecule has 1 fully saturated rings. The van der Waals surface area contributed by atoms with Crippen LogP contribution in [0.15, 0.2) is 54.9 Å². The number of nitrogens with zero attached hydrogens (tertiary/aromatic N) is 4. The molecule has 0 saturated carbocycles. The average molecular weight is 565 g/mol. The molecular weight excluding hydrogens is 534 g/mol. The number of amides is 1. The lowest BCUT2D eigenvalue weighted by molar-refractivity contribution is -0.138. The summed E-state index contributed by atoms with van der Waals surface area (Å²) in [5, 5.41) is 16.2. The van der Waals surface area contributed by atoms with Crippen LogP contribution in [0.3, 0.4) is 0 Å². The zero-order chi connectivity index (χ0) is 27.8. The Labute approximate surface area is 230 Å². The van der Waals surface area contributed by atoms with Crippen LogP contribution < -0.4 is 9.47 Å². The maximum Gasteiger partial charge on any atom is 0.248 e. The van der Waals surface area contributed by atoms with Gasteiger partial charge in [0.25, 0.3) is 0 Å². The highest BCUT2D eigenvalue weighted by Gasteiger charge is 2.37. The van der Waals surface area contributed by atoms with Crippen LogP contribution in [0, 0.1) is 11.6 Å². The van der Waals surface area contributed by atoms with E-state index in [-0.39, 0.29) is 38.0 Å². The molecule has 0 bridgehead atoms. The van der Waals surface area contributed by atoms with Crippen molar-refractivity contribution in [2.75, 3.05) is 53.1 Å². The lowest BCUT2D eigenvalue weighted by Gasteiger charge is -2.33. The number of carbonyl (C=O) groups excluding carboxylic acids is 1. The molecule has 3 aromatic rings. The Hall–Kier alpha value is -3.25. The molecule has 1 amide bonds. The summed E-state index contributed by atoms with van der Waals surface area (Å²) in [5.74, 6) is -1.50. The van der Waals surface area contributed by atoms with Gasteiger partial charge in [0.05, 0.1) is 24.3 Å². The highest BCUT2D eigenvalue weighted by atomic mass is 35.5. The van der Waals surface area contributed by atoms with E-state index in [0.717, 1.165) is 17.7 Å². The normalized spacial score (nSPS) is 18.1. The first-order valence-electron chi connectivity index (χ1n) is 12.4. The first kappa shape index (κ1) is 28.8. The zero-order valence-corrected chi connectivity index (χ0v) is 22.3. The van der Waals surface area contributed by atoms with Gasteiger partial charge in [-0.25, -0.2) is 8.78 Å². The molecule has 1 aliphatic rings. The second-order valence-electron chi connectivity index (χ2n) is 9.46. The highest BCUT2D eigenvalue weighted by molar-refractivity contribution is 6.30. The van der Waals surface area contributed by atoms with Crippen molar-refractivity contribution in [3.8, 4) is 11.5 Å². The summed E-state index contributed by atoms with van der Waals surface area (Å²) in [6, 6.07) is 10.8. The lowest BCUT2D eigenvalue weighted by Crippen LogP contribution is -2.52. The molecule has 1 N–H and O–H groups in total. The lowest BCUT2D eigenvalue weighted by atomic mass is 10.0. The Morgan fingerprint density at radius 3 is 2.54 bits per heavy atom. The molecule has 2 heterocycles. The van der Waals surface area contributed by atoms with Gasteiger partial charge in [0.1, 0.15) is 36.9 Å². The Morgan fingerprint density at radius 1 is 1.08 bits per heavy atom. The molecular formula is C27H31ClF2N4O5. The molecule has 0 aliphatic carbocycles. The summed E-state index contributed by atoms with van der Waals surface area (Å²) in [6.45, 7) is 2.25. The van der Waals surface area contributed by atoms with Crippen LogP contribution >= 0.6 is 11.6 Å². The predicted octanol–water partition coefficient (Wildman–Crippen LogP) is 2.99. The fraction of sp³-hybridized carbons (Fsp3) is 0.407. The Kier molecular flexibility index (Phi) is 9.73. The third-order valence-electron chi connectivity index (χ3n) is 6.23. The molecule has 0 radical (unpaired) electrons. The maximum atomic E-state index is 13.6. The molecule has 1 saturated heterocycles. The molecule has 9 nitrogen and oxygen atoms in total. The number of methoxy groups -OCH3 is 1. The third-order valence-corrected chi connectivity index (χ3v) is 6.42. The van der Waals surface area contributed by atoms with E-state index in [1.165, 1.54) is 18.1 Å². The van der Waals surface area contributed by atoms with E-state index in [0.29, 0.717) is 43.6 Å². The quantitative estimate of drug-likeness (QED) is 0.383. The van der Waals surface area contributed by atoms with Crippen molar-refractivity contribution in [3.05, 3.63) is 77.1 Å². The van der Waals surface area contributed by atoms with Gasteiger partial charge in [-0.05, 0) is 29.8 Å².